The largest absolute Gasteiger partial charge is 0.472 e. The minimum Gasteiger partial charge on any atom is -0.472 e. The first kappa shape index (κ1) is 18.8. The SMILES string of the molecule is CCCC(=O)c1cnc2ccccc2c1OCNc1ccsc1C(=O)OC. The fourth-order valence-electron chi connectivity index (χ4n) is 2.72. The molecule has 6 nitrogen and oxygen atoms in total. The van der Waals surface area contributed by atoms with E-state index in [1.165, 1.54) is 18.4 Å². The molecule has 0 atom stereocenters. The molecule has 7 heteroatoms. The highest BCUT2D eigenvalue weighted by Gasteiger charge is 2.17. The van der Waals surface area contributed by atoms with Crippen molar-refractivity contribution in [3.8, 4) is 5.75 Å². The van der Waals surface area contributed by atoms with E-state index < -0.39 is 5.97 Å². The van der Waals surface area contributed by atoms with Gasteiger partial charge in [0.15, 0.2) is 12.5 Å². The summed E-state index contributed by atoms with van der Waals surface area (Å²) in [5.74, 6) is 0.0959. The van der Waals surface area contributed by atoms with Crippen molar-refractivity contribution in [1.82, 2.24) is 4.98 Å². The number of pyridine rings is 1. The molecule has 2 heterocycles. The van der Waals surface area contributed by atoms with Crippen LogP contribution in [0.2, 0.25) is 0 Å². The lowest BCUT2D eigenvalue weighted by molar-refractivity contribution is 0.0607. The maximum absolute atomic E-state index is 12.5. The molecule has 1 aromatic carbocycles. The third-order valence-corrected chi connectivity index (χ3v) is 4.91. The first-order valence-electron chi connectivity index (χ1n) is 8.59. The van der Waals surface area contributed by atoms with Gasteiger partial charge in [0, 0.05) is 18.0 Å². The number of carbonyl (C=O) groups excluding carboxylic acids is 2. The highest BCUT2D eigenvalue weighted by atomic mass is 32.1. The van der Waals surface area contributed by atoms with Crippen LogP contribution in [-0.4, -0.2) is 30.6 Å². The van der Waals surface area contributed by atoms with Crippen LogP contribution >= 0.6 is 11.3 Å². The topological polar surface area (TPSA) is 77.5 Å². The van der Waals surface area contributed by atoms with E-state index in [2.05, 4.69) is 10.3 Å². The molecule has 0 bridgehead atoms. The summed E-state index contributed by atoms with van der Waals surface area (Å²) in [6.07, 6.45) is 2.75. The van der Waals surface area contributed by atoms with Crippen LogP contribution in [0, 0.1) is 0 Å². The summed E-state index contributed by atoms with van der Waals surface area (Å²) in [6.45, 7) is 2.06. The Kier molecular flexibility index (Phi) is 6.03. The normalized spacial score (nSPS) is 10.6. The summed E-state index contributed by atoms with van der Waals surface area (Å²) in [5, 5.41) is 5.65. The fourth-order valence-corrected chi connectivity index (χ4v) is 3.50. The monoisotopic (exact) mass is 384 g/mol. The van der Waals surface area contributed by atoms with Crippen LogP contribution in [0.15, 0.2) is 41.9 Å². The predicted octanol–water partition coefficient (Wildman–Crippen LogP) is 4.51. The third-order valence-electron chi connectivity index (χ3n) is 4.02. The van der Waals surface area contributed by atoms with E-state index in [9.17, 15) is 9.59 Å². The van der Waals surface area contributed by atoms with Crippen LogP contribution in [0.3, 0.4) is 0 Å². The average Bonchev–Trinajstić information content (AvgIpc) is 3.16. The zero-order chi connectivity index (χ0) is 19.2. The van der Waals surface area contributed by atoms with Gasteiger partial charge in [-0.05, 0) is 30.0 Å². The summed E-state index contributed by atoms with van der Waals surface area (Å²) in [5.41, 5.74) is 1.86. The van der Waals surface area contributed by atoms with E-state index in [1.54, 1.807) is 17.6 Å². The Morgan fingerprint density at radius 3 is 2.81 bits per heavy atom. The van der Waals surface area contributed by atoms with Crippen LogP contribution in [-0.2, 0) is 4.74 Å². The maximum atomic E-state index is 12.5. The lowest BCUT2D eigenvalue weighted by Crippen LogP contribution is -2.14. The highest BCUT2D eigenvalue weighted by Crippen LogP contribution is 2.30. The Morgan fingerprint density at radius 2 is 2.04 bits per heavy atom. The zero-order valence-corrected chi connectivity index (χ0v) is 16.0. The minimum atomic E-state index is -0.402. The number of ketones is 1. The number of fused-ring (bicyclic) bond motifs is 1. The quantitative estimate of drug-likeness (QED) is 0.350. The van der Waals surface area contributed by atoms with Crippen LogP contribution in [0.25, 0.3) is 10.9 Å². The molecule has 0 aliphatic carbocycles. The standard InChI is InChI=1S/C20H20N2O4S/c1-3-6-17(23)14-11-21-15-8-5-4-7-13(15)18(14)26-12-22-16-9-10-27-19(16)20(24)25-2/h4-5,7-11,22H,3,6,12H2,1-2H3. The number of hydrogen-bond acceptors (Lipinski definition) is 7. The third kappa shape index (κ3) is 4.09. The fraction of sp³-hybridized carbons (Fsp3) is 0.250. The molecule has 3 aromatic rings. The number of aromatic nitrogens is 1. The Labute approximate surface area is 161 Å². The Hall–Kier alpha value is -2.93. The minimum absolute atomic E-state index is 0.00321. The van der Waals surface area contributed by atoms with Gasteiger partial charge >= 0.3 is 5.97 Å². The molecule has 0 aliphatic rings. The van der Waals surface area contributed by atoms with Gasteiger partial charge in [-0.3, -0.25) is 9.78 Å². The number of methoxy groups -OCH3 is 1. The number of carbonyl (C=O) groups is 2. The molecule has 0 fully saturated rings. The van der Waals surface area contributed by atoms with Crippen molar-refractivity contribution in [3.05, 3.63) is 52.3 Å². The van der Waals surface area contributed by atoms with Crippen LogP contribution < -0.4 is 10.1 Å². The molecule has 1 N–H and O–H groups in total. The van der Waals surface area contributed by atoms with Gasteiger partial charge in [-0.1, -0.05) is 19.1 Å². The summed E-state index contributed by atoms with van der Waals surface area (Å²) in [7, 11) is 1.34. The average molecular weight is 384 g/mol. The summed E-state index contributed by atoms with van der Waals surface area (Å²) in [6, 6.07) is 9.31. The number of thiophene rings is 1. The number of Topliss-reactive ketones (excluding diaryl/α,β-unsaturated/α-hetero) is 1. The second-order valence-electron chi connectivity index (χ2n) is 5.81. The van der Waals surface area contributed by atoms with Crippen molar-refractivity contribution in [2.24, 2.45) is 0 Å². The number of para-hydroxylation sites is 1. The number of hydrogen-bond donors (Lipinski definition) is 1. The number of anilines is 1. The molecule has 0 amide bonds. The second kappa shape index (κ2) is 8.64. The van der Waals surface area contributed by atoms with E-state index in [-0.39, 0.29) is 12.5 Å². The Balaban J connectivity index is 1.85. The number of esters is 1. The molecular formula is C20H20N2O4S. The van der Waals surface area contributed by atoms with E-state index >= 15 is 0 Å². The molecule has 3 rings (SSSR count). The van der Waals surface area contributed by atoms with Crippen molar-refractivity contribution >= 4 is 39.7 Å². The number of nitrogens with zero attached hydrogens (tertiary/aromatic N) is 1. The first-order chi connectivity index (χ1) is 13.2. The maximum Gasteiger partial charge on any atom is 0.350 e. The molecule has 0 saturated heterocycles. The molecule has 0 radical (unpaired) electrons. The lowest BCUT2D eigenvalue weighted by atomic mass is 10.0. The molecule has 140 valence electrons. The molecule has 0 saturated carbocycles. The van der Waals surface area contributed by atoms with Crippen LogP contribution in [0.1, 0.15) is 39.8 Å². The predicted molar refractivity (Wildman–Crippen MR) is 106 cm³/mol. The van der Waals surface area contributed by atoms with Gasteiger partial charge < -0.3 is 14.8 Å². The molecule has 0 aliphatic heterocycles. The van der Waals surface area contributed by atoms with Crippen molar-refractivity contribution in [1.29, 1.82) is 0 Å². The van der Waals surface area contributed by atoms with Gasteiger partial charge in [-0.25, -0.2) is 4.79 Å². The van der Waals surface area contributed by atoms with Gasteiger partial charge in [-0.15, -0.1) is 11.3 Å². The first-order valence-corrected chi connectivity index (χ1v) is 9.47. The smallest absolute Gasteiger partial charge is 0.350 e. The van der Waals surface area contributed by atoms with Gasteiger partial charge in [0.25, 0.3) is 0 Å². The van der Waals surface area contributed by atoms with E-state index in [0.29, 0.717) is 28.3 Å². The van der Waals surface area contributed by atoms with Crippen molar-refractivity contribution in [3.63, 3.8) is 0 Å². The van der Waals surface area contributed by atoms with Gasteiger partial charge in [-0.2, -0.15) is 0 Å². The van der Waals surface area contributed by atoms with Crippen LogP contribution in [0.4, 0.5) is 5.69 Å². The second-order valence-corrected chi connectivity index (χ2v) is 6.73. The van der Waals surface area contributed by atoms with Crippen molar-refractivity contribution in [2.45, 2.75) is 19.8 Å². The molecule has 27 heavy (non-hydrogen) atoms. The van der Waals surface area contributed by atoms with Gasteiger partial charge in [0.05, 0.1) is 23.9 Å². The van der Waals surface area contributed by atoms with Gasteiger partial charge in [0.2, 0.25) is 0 Å². The number of rotatable bonds is 8. The summed E-state index contributed by atoms with van der Waals surface area (Å²) in [4.78, 5) is 29.1. The number of ether oxygens (including phenoxy) is 2. The molecule has 2 aromatic heterocycles. The lowest BCUT2D eigenvalue weighted by Gasteiger charge is -2.14. The highest BCUT2D eigenvalue weighted by molar-refractivity contribution is 7.12. The number of benzene rings is 1. The molecule has 0 spiro atoms. The van der Waals surface area contributed by atoms with E-state index in [1.807, 2.05) is 31.2 Å². The molecule has 0 unspecified atom stereocenters. The summed E-state index contributed by atoms with van der Waals surface area (Å²) >= 11 is 1.29. The van der Waals surface area contributed by atoms with E-state index in [4.69, 9.17) is 9.47 Å². The van der Waals surface area contributed by atoms with Crippen molar-refractivity contribution in [2.75, 3.05) is 19.2 Å². The van der Waals surface area contributed by atoms with Crippen molar-refractivity contribution < 1.29 is 19.1 Å². The number of nitrogens with one attached hydrogen (secondary N) is 1. The summed E-state index contributed by atoms with van der Waals surface area (Å²) < 4.78 is 10.7. The van der Waals surface area contributed by atoms with Gasteiger partial charge in [0.1, 0.15) is 10.6 Å². The zero-order valence-electron chi connectivity index (χ0n) is 15.2. The molecular weight excluding hydrogens is 364 g/mol. The Morgan fingerprint density at radius 1 is 1.22 bits per heavy atom. The van der Waals surface area contributed by atoms with Crippen LogP contribution in [0.5, 0.6) is 5.75 Å². The van der Waals surface area contributed by atoms with E-state index in [0.717, 1.165) is 17.3 Å². The Bertz CT molecular complexity index is 968.